The molecule has 28 heavy (non-hydrogen) atoms. The van der Waals surface area contributed by atoms with Crippen molar-refractivity contribution in [1.82, 2.24) is 4.90 Å². The van der Waals surface area contributed by atoms with E-state index >= 15 is 0 Å². The Kier molecular flexibility index (Phi) is 7.07. The number of sulfonamides is 1. The summed E-state index contributed by atoms with van der Waals surface area (Å²) < 4.78 is 31.6. The molecule has 0 aromatic heterocycles. The number of carbonyl (C=O) groups excluding carboxylic acids is 1. The van der Waals surface area contributed by atoms with Gasteiger partial charge in [0.05, 0.1) is 19.1 Å². The van der Waals surface area contributed by atoms with Crippen molar-refractivity contribution in [2.24, 2.45) is 0 Å². The number of methoxy groups -OCH3 is 1. The van der Waals surface area contributed by atoms with E-state index in [2.05, 4.69) is 0 Å². The molecule has 0 aliphatic rings. The highest BCUT2D eigenvalue weighted by Crippen LogP contribution is 2.25. The molecule has 0 N–H and O–H groups in total. The minimum Gasteiger partial charge on any atom is -0.496 e. The van der Waals surface area contributed by atoms with E-state index in [0.717, 1.165) is 17.4 Å². The molecule has 1 atom stereocenters. The summed E-state index contributed by atoms with van der Waals surface area (Å²) in [5.41, 5.74) is 2.36. The third-order valence-electron chi connectivity index (χ3n) is 4.58. The van der Waals surface area contributed by atoms with Crippen LogP contribution in [0.1, 0.15) is 24.5 Å². The lowest BCUT2D eigenvalue weighted by atomic mass is 10.1. The Morgan fingerprint density at radius 2 is 1.71 bits per heavy atom. The number of nitrogens with zero attached hydrogens (tertiary/aromatic N) is 2. The lowest BCUT2D eigenvalue weighted by molar-refractivity contribution is -0.131. The zero-order chi connectivity index (χ0) is 20.9. The van der Waals surface area contributed by atoms with Gasteiger partial charge in [-0.05, 0) is 31.5 Å². The summed E-state index contributed by atoms with van der Waals surface area (Å²) in [7, 11) is -0.390. The summed E-state index contributed by atoms with van der Waals surface area (Å²) in [6.45, 7) is 4.06. The van der Waals surface area contributed by atoms with Crippen molar-refractivity contribution in [3.05, 3.63) is 59.7 Å². The van der Waals surface area contributed by atoms with E-state index in [1.165, 1.54) is 4.31 Å². The third-order valence-corrected chi connectivity index (χ3v) is 5.76. The van der Waals surface area contributed by atoms with Gasteiger partial charge in [-0.2, -0.15) is 0 Å². The standard InChI is InChI=1S/C21H28N2O4S/c1-6-19(23(28(5,25)26)18-13-11-16(2)12-14-18)21(24)22(3)15-17-9-7-8-10-20(17)27-4/h7-14,19H,6,15H2,1-5H3/t19-/m1/s1. The summed E-state index contributed by atoms with van der Waals surface area (Å²) in [5.74, 6) is 0.424. The number of rotatable bonds is 8. The number of anilines is 1. The molecule has 1 amide bonds. The van der Waals surface area contributed by atoms with Crippen molar-refractivity contribution < 1.29 is 17.9 Å². The number of hydrogen-bond acceptors (Lipinski definition) is 4. The van der Waals surface area contributed by atoms with Gasteiger partial charge in [-0.3, -0.25) is 9.10 Å². The first-order valence-corrected chi connectivity index (χ1v) is 11.0. The van der Waals surface area contributed by atoms with Crippen molar-refractivity contribution in [3.63, 3.8) is 0 Å². The Bertz CT molecular complexity index is 910. The van der Waals surface area contributed by atoms with Gasteiger partial charge < -0.3 is 9.64 Å². The minimum atomic E-state index is -3.65. The maximum atomic E-state index is 13.2. The molecule has 6 nitrogen and oxygen atoms in total. The Labute approximate surface area is 167 Å². The quantitative estimate of drug-likeness (QED) is 0.678. The molecule has 2 aromatic carbocycles. The highest BCUT2D eigenvalue weighted by molar-refractivity contribution is 7.92. The Hall–Kier alpha value is -2.54. The number of para-hydroxylation sites is 1. The number of aryl methyl sites for hydroxylation is 1. The molecule has 0 heterocycles. The molecular formula is C21H28N2O4S. The predicted octanol–water partition coefficient (Wildman–Crippen LogP) is 3.21. The summed E-state index contributed by atoms with van der Waals surface area (Å²) in [6, 6.07) is 13.8. The minimum absolute atomic E-state index is 0.264. The molecule has 152 valence electrons. The van der Waals surface area contributed by atoms with Crippen molar-refractivity contribution in [2.75, 3.05) is 24.7 Å². The van der Waals surface area contributed by atoms with Crippen LogP contribution in [0.5, 0.6) is 5.75 Å². The van der Waals surface area contributed by atoms with E-state index in [1.54, 1.807) is 31.2 Å². The predicted molar refractivity (Wildman–Crippen MR) is 112 cm³/mol. The molecule has 0 aliphatic carbocycles. The molecule has 7 heteroatoms. The van der Waals surface area contributed by atoms with Crippen molar-refractivity contribution in [1.29, 1.82) is 0 Å². The Morgan fingerprint density at radius 1 is 1.11 bits per heavy atom. The lowest BCUT2D eigenvalue weighted by Gasteiger charge is -2.33. The van der Waals surface area contributed by atoms with Crippen LogP contribution in [0, 0.1) is 6.92 Å². The normalized spacial score (nSPS) is 12.3. The van der Waals surface area contributed by atoms with E-state index in [9.17, 15) is 13.2 Å². The van der Waals surface area contributed by atoms with Gasteiger partial charge in [0, 0.05) is 19.2 Å². The third kappa shape index (κ3) is 5.04. The smallest absolute Gasteiger partial charge is 0.246 e. The van der Waals surface area contributed by atoms with Crippen LogP contribution in [-0.4, -0.2) is 45.7 Å². The molecule has 0 radical (unpaired) electrons. The summed E-state index contributed by atoms with van der Waals surface area (Å²) in [6.07, 6.45) is 1.49. The molecule has 0 saturated carbocycles. The SMILES string of the molecule is CC[C@H](C(=O)N(C)Cc1ccccc1OC)N(c1ccc(C)cc1)S(C)(=O)=O. The van der Waals surface area contributed by atoms with E-state index in [-0.39, 0.29) is 5.91 Å². The molecule has 0 spiro atoms. The number of likely N-dealkylation sites (N-methyl/N-ethyl adjacent to an activating group) is 1. The monoisotopic (exact) mass is 404 g/mol. The van der Waals surface area contributed by atoms with Gasteiger partial charge in [0.15, 0.2) is 0 Å². The fourth-order valence-corrected chi connectivity index (χ4v) is 4.36. The number of carbonyl (C=O) groups is 1. The van der Waals surface area contributed by atoms with Crippen LogP contribution in [0.15, 0.2) is 48.5 Å². The fourth-order valence-electron chi connectivity index (χ4n) is 3.16. The van der Waals surface area contributed by atoms with Gasteiger partial charge in [0.25, 0.3) is 0 Å². The Morgan fingerprint density at radius 3 is 2.25 bits per heavy atom. The van der Waals surface area contributed by atoms with Gasteiger partial charge >= 0.3 is 0 Å². The fraction of sp³-hybridized carbons (Fsp3) is 0.381. The number of amides is 1. The van der Waals surface area contributed by atoms with E-state index in [1.807, 2.05) is 50.2 Å². The van der Waals surface area contributed by atoms with Crippen molar-refractivity contribution in [2.45, 2.75) is 32.9 Å². The second-order valence-electron chi connectivity index (χ2n) is 6.82. The van der Waals surface area contributed by atoms with Gasteiger partial charge in [-0.1, -0.05) is 42.8 Å². The van der Waals surface area contributed by atoms with Gasteiger partial charge in [-0.15, -0.1) is 0 Å². The summed E-state index contributed by atoms with van der Waals surface area (Å²) >= 11 is 0. The number of hydrogen-bond donors (Lipinski definition) is 0. The van der Waals surface area contributed by atoms with Crippen molar-refractivity contribution in [3.8, 4) is 5.75 Å². The zero-order valence-corrected chi connectivity index (χ0v) is 17.9. The molecular weight excluding hydrogens is 376 g/mol. The average Bonchev–Trinajstić information content (AvgIpc) is 2.66. The average molecular weight is 405 g/mol. The molecule has 0 unspecified atom stereocenters. The van der Waals surface area contributed by atoms with Crippen LogP contribution in [0.2, 0.25) is 0 Å². The summed E-state index contributed by atoms with van der Waals surface area (Å²) in [5, 5.41) is 0. The highest BCUT2D eigenvalue weighted by Gasteiger charge is 2.33. The van der Waals surface area contributed by atoms with Crippen molar-refractivity contribution >= 4 is 21.6 Å². The molecule has 0 aliphatic heterocycles. The highest BCUT2D eigenvalue weighted by atomic mass is 32.2. The number of ether oxygens (including phenoxy) is 1. The van der Waals surface area contributed by atoms with Crippen LogP contribution >= 0.6 is 0 Å². The number of benzene rings is 2. The van der Waals surface area contributed by atoms with Crippen LogP contribution in [0.25, 0.3) is 0 Å². The molecule has 0 fully saturated rings. The van der Waals surface area contributed by atoms with Crippen LogP contribution in [0.3, 0.4) is 0 Å². The first-order chi connectivity index (χ1) is 13.2. The van der Waals surface area contributed by atoms with Crippen LogP contribution in [0.4, 0.5) is 5.69 Å². The second kappa shape index (κ2) is 9.10. The topological polar surface area (TPSA) is 66.9 Å². The molecule has 0 bridgehead atoms. The Balaban J connectivity index is 2.34. The van der Waals surface area contributed by atoms with Gasteiger partial charge in [0.2, 0.25) is 15.9 Å². The van der Waals surface area contributed by atoms with Gasteiger partial charge in [-0.25, -0.2) is 8.42 Å². The second-order valence-corrected chi connectivity index (χ2v) is 8.68. The first kappa shape index (κ1) is 21.8. The van der Waals surface area contributed by atoms with E-state index in [4.69, 9.17) is 4.74 Å². The maximum Gasteiger partial charge on any atom is 0.246 e. The summed E-state index contributed by atoms with van der Waals surface area (Å²) in [4.78, 5) is 14.7. The first-order valence-electron chi connectivity index (χ1n) is 9.12. The molecule has 2 aromatic rings. The zero-order valence-electron chi connectivity index (χ0n) is 17.0. The lowest BCUT2D eigenvalue weighted by Crippen LogP contribution is -2.49. The van der Waals surface area contributed by atoms with E-state index in [0.29, 0.717) is 24.4 Å². The van der Waals surface area contributed by atoms with Gasteiger partial charge in [0.1, 0.15) is 11.8 Å². The van der Waals surface area contributed by atoms with E-state index < -0.39 is 16.1 Å². The molecule has 0 saturated heterocycles. The van der Waals surface area contributed by atoms with Crippen LogP contribution in [-0.2, 0) is 21.4 Å². The largest absolute Gasteiger partial charge is 0.496 e. The molecule has 2 rings (SSSR count). The maximum absolute atomic E-state index is 13.2. The van der Waals surface area contributed by atoms with Crippen LogP contribution < -0.4 is 9.04 Å².